The number of aromatic nitrogens is 2. The van der Waals surface area contributed by atoms with Gasteiger partial charge in [-0.05, 0) is 44.7 Å². The van der Waals surface area contributed by atoms with E-state index in [0.29, 0.717) is 12.1 Å². The summed E-state index contributed by atoms with van der Waals surface area (Å²) in [6.45, 7) is 2.62. The highest BCUT2D eigenvalue weighted by atomic mass is 16.5. The van der Waals surface area contributed by atoms with E-state index in [1.165, 1.54) is 0 Å². The first-order chi connectivity index (χ1) is 12.1. The summed E-state index contributed by atoms with van der Waals surface area (Å²) < 4.78 is 11.5. The number of benzene rings is 1. The van der Waals surface area contributed by atoms with Gasteiger partial charge in [-0.1, -0.05) is 6.07 Å². The van der Waals surface area contributed by atoms with Gasteiger partial charge in [-0.15, -0.1) is 0 Å². The molecular weight excluding hydrogens is 318 g/mol. The van der Waals surface area contributed by atoms with Gasteiger partial charge in [0.1, 0.15) is 11.3 Å². The molecule has 1 saturated heterocycles. The molecule has 4 rings (SSSR count). The molecule has 1 aromatic heterocycles. The van der Waals surface area contributed by atoms with Gasteiger partial charge in [-0.25, -0.2) is 4.98 Å². The van der Waals surface area contributed by atoms with Gasteiger partial charge < -0.3 is 19.4 Å². The number of para-hydroxylation sites is 1. The molecule has 3 atom stereocenters. The highest BCUT2D eigenvalue weighted by molar-refractivity contribution is 6.05. The Labute approximate surface area is 147 Å². The molecule has 0 bridgehead atoms. The van der Waals surface area contributed by atoms with E-state index in [-0.39, 0.29) is 23.7 Å². The van der Waals surface area contributed by atoms with Crippen LogP contribution < -0.4 is 0 Å². The Morgan fingerprint density at radius 1 is 1.36 bits per heavy atom. The van der Waals surface area contributed by atoms with Crippen molar-refractivity contribution < 1.29 is 14.3 Å². The average Bonchev–Trinajstić information content (AvgIpc) is 3.20. The number of carbonyl (C=O) groups excluding carboxylic acids is 1. The zero-order chi connectivity index (χ0) is 17.6. The lowest BCUT2D eigenvalue weighted by Gasteiger charge is -2.43. The third-order valence-electron chi connectivity index (χ3n) is 6.00. The molecule has 2 heterocycles. The predicted molar refractivity (Wildman–Crippen MR) is 94.7 cm³/mol. The largest absolute Gasteiger partial charge is 0.381 e. The van der Waals surface area contributed by atoms with E-state index >= 15 is 0 Å². The third kappa shape index (κ3) is 2.55. The lowest BCUT2D eigenvalue weighted by molar-refractivity contribution is -0.0893. The van der Waals surface area contributed by atoms with E-state index in [9.17, 15) is 4.79 Å². The fourth-order valence-corrected chi connectivity index (χ4v) is 4.60. The van der Waals surface area contributed by atoms with E-state index in [0.717, 1.165) is 42.5 Å². The second kappa shape index (κ2) is 6.11. The van der Waals surface area contributed by atoms with Crippen molar-refractivity contribution in [3.8, 4) is 0 Å². The number of methoxy groups -OCH3 is 2. The van der Waals surface area contributed by atoms with Gasteiger partial charge in [0.15, 0.2) is 0 Å². The molecule has 1 aliphatic carbocycles. The topological polar surface area (TPSA) is 67.5 Å². The number of ether oxygens (including phenoxy) is 2. The van der Waals surface area contributed by atoms with Crippen molar-refractivity contribution in [2.45, 2.75) is 50.4 Å². The minimum absolute atomic E-state index is 0.0396. The van der Waals surface area contributed by atoms with Crippen molar-refractivity contribution in [1.82, 2.24) is 14.9 Å². The van der Waals surface area contributed by atoms with Crippen molar-refractivity contribution in [1.29, 1.82) is 0 Å². The number of likely N-dealkylation sites (tertiary alicyclic amines) is 1. The van der Waals surface area contributed by atoms with Gasteiger partial charge in [0.05, 0.1) is 28.8 Å². The number of nitrogens with one attached hydrogen (secondary N) is 1. The molecule has 2 unspecified atom stereocenters. The maximum atomic E-state index is 13.4. The van der Waals surface area contributed by atoms with Gasteiger partial charge in [-0.2, -0.15) is 0 Å². The quantitative estimate of drug-likeness (QED) is 0.930. The number of rotatable bonds is 3. The number of fused-ring (bicyclic) bond motifs is 2. The number of imidazole rings is 1. The molecular formula is C19H25N3O3. The molecule has 2 aliphatic rings. The van der Waals surface area contributed by atoms with Gasteiger partial charge >= 0.3 is 0 Å². The van der Waals surface area contributed by atoms with Gasteiger partial charge in [0.2, 0.25) is 0 Å². The number of H-pyrrole nitrogens is 1. The first-order valence-corrected chi connectivity index (χ1v) is 8.92. The summed E-state index contributed by atoms with van der Waals surface area (Å²) in [6.07, 6.45) is 3.81. The zero-order valence-electron chi connectivity index (χ0n) is 15.0. The average molecular weight is 343 g/mol. The van der Waals surface area contributed by atoms with Crippen LogP contribution in [0.25, 0.3) is 11.0 Å². The molecule has 1 saturated carbocycles. The smallest absolute Gasteiger partial charge is 0.256 e. The molecule has 2 fully saturated rings. The monoisotopic (exact) mass is 343 g/mol. The Hall–Kier alpha value is -1.92. The number of nitrogens with zero attached hydrogens (tertiary/aromatic N) is 2. The molecule has 134 valence electrons. The molecule has 2 aromatic rings. The Kier molecular flexibility index (Phi) is 4.04. The van der Waals surface area contributed by atoms with E-state index in [1.807, 2.05) is 30.0 Å². The van der Waals surface area contributed by atoms with Crippen LogP contribution in [0.15, 0.2) is 18.2 Å². The minimum Gasteiger partial charge on any atom is -0.381 e. The minimum atomic E-state index is -0.236. The molecule has 1 N–H and O–H groups in total. The van der Waals surface area contributed by atoms with Crippen LogP contribution in [0.5, 0.6) is 0 Å². The number of aryl methyl sites for hydroxylation is 1. The standard InChI is InChI=1S/C19H25N3O3/c1-12-20-15-6-4-5-14(17(15)21-12)18(23)22-10-9-19(25-3)8-7-13(24-2)11-16(19)22/h4-6,13,16H,7-11H2,1-3H3,(H,20,21)/t13?,16?,19-/m1/s1. The summed E-state index contributed by atoms with van der Waals surface area (Å²) in [5, 5.41) is 0. The maximum absolute atomic E-state index is 13.4. The van der Waals surface area contributed by atoms with Crippen molar-refractivity contribution in [3.05, 3.63) is 29.6 Å². The maximum Gasteiger partial charge on any atom is 0.256 e. The van der Waals surface area contributed by atoms with Gasteiger partial charge in [0.25, 0.3) is 5.91 Å². The van der Waals surface area contributed by atoms with Crippen molar-refractivity contribution in [2.75, 3.05) is 20.8 Å². The molecule has 1 aliphatic heterocycles. The van der Waals surface area contributed by atoms with E-state index in [1.54, 1.807) is 14.2 Å². The Morgan fingerprint density at radius 3 is 2.96 bits per heavy atom. The van der Waals surface area contributed by atoms with Crippen LogP contribution >= 0.6 is 0 Å². The van der Waals surface area contributed by atoms with Crippen LogP contribution in [0.1, 0.15) is 41.9 Å². The van der Waals surface area contributed by atoms with Crippen LogP contribution in [0, 0.1) is 6.92 Å². The predicted octanol–water partition coefficient (Wildman–Crippen LogP) is 2.67. The van der Waals surface area contributed by atoms with Crippen LogP contribution in [0.2, 0.25) is 0 Å². The highest BCUT2D eigenvalue weighted by Gasteiger charge is 2.52. The second-order valence-corrected chi connectivity index (χ2v) is 7.19. The molecule has 0 radical (unpaired) electrons. The van der Waals surface area contributed by atoms with Crippen molar-refractivity contribution >= 4 is 16.9 Å². The van der Waals surface area contributed by atoms with Crippen LogP contribution in [-0.4, -0.2) is 59.3 Å². The Bertz CT molecular complexity index is 802. The number of aromatic amines is 1. The summed E-state index contributed by atoms with van der Waals surface area (Å²) in [6, 6.07) is 5.79. The summed E-state index contributed by atoms with van der Waals surface area (Å²) in [7, 11) is 3.52. The first-order valence-electron chi connectivity index (χ1n) is 8.92. The van der Waals surface area contributed by atoms with Crippen molar-refractivity contribution in [3.63, 3.8) is 0 Å². The molecule has 1 aromatic carbocycles. The third-order valence-corrected chi connectivity index (χ3v) is 6.00. The summed E-state index contributed by atoms with van der Waals surface area (Å²) in [5.74, 6) is 0.859. The summed E-state index contributed by atoms with van der Waals surface area (Å²) in [4.78, 5) is 23.1. The fourth-order valence-electron chi connectivity index (χ4n) is 4.60. The molecule has 0 spiro atoms. The molecule has 6 heteroatoms. The second-order valence-electron chi connectivity index (χ2n) is 7.19. The van der Waals surface area contributed by atoms with Crippen LogP contribution in [-0.2, 0) is 9.47 Å². The summed E-state index contributed by atoms with van der Waals surface area (Å²) >= 11 is 0. The van der Waals surface area contributed by atoms with Gasteiger partial charge in [0, 0.05) is 20.8 Å². The number of amides is 1. The SMILES string of the molecule is COC1CC[C@@]2(OC)CCN(C(=O)c3cccc4[nH]c(C)nc34)C2C1. The Morgan fingerprint density at radius 2 is 2.20 bits per heavy atom. The normalized spacial score (nSPS) is 29.2. The number of hydrogen-bond donors (Lipinski definition) is 1. The van der Waals surface area contributed by atoms with Crippen LogP contribution in [0.4, 0.5) is 0 Å². The van der Waals surface area contributed by atoms with E-state index in [4.69, 9.17) is 9.47 Å². The highest BCUT2D eigenvalue weighted by Crippen LogP contribution is 2.43. The van der Waals surface area contributed by atoms with Gasteiger partial charge in [-0.3, -0.25) is 4.79 Å². The van der Waals surface area contributed by atoms with Crippen molar-refractivity contribution in [2.24, 2.45) is 0 Å². The molecule has 6 nitrogen and oxygen atoms in total. The van der Waals surface area contributed by atoms with Crippen LogP contribution in [0.3, 0.4) is 0 Å². The Balaban J connectivity index is 1.69. The number of hydrogen-bond acceptors (Lipinski definition) is 4. The lowest BCUT2D eigenvalue weighted by atomic mass is 9.79. The summed E-state index contributed by atoms with van der Waals surface area (Å²) in [5.41, 5.74) is 2.08. The zero-order valence-corrected chi connectivity index (χ0v) is 15.0. The first kappa shape index (κ1) is 16.5. The number of carbonyl (C=O) groups is 1. The molecule has 1 amide bonds. The lowest BCUT2D eigenvalue weighted by Crippen LogP contribution is -2.53. The van der Waals surface area contributed by atoms with E-state index in [2.05, 4.69) is 9.97 Å². The molecule has 25 heavy (non-hydrogen) atoms. The van der Waals surface area contributed by atoms with E-state index < -0.39 is 0 Å². The fraction of sp³-hybridized carbons (Fsp3) is 0.579.